The monoisotopic (exact) mass is 422 g/mol. The van der Waals surface area contributed by atoms with Crippen LogP contribution in [-0.2, 0) is 16.1 Å². The Hall–Kier alpha value is -3.15. The van der Waals surface area contributed by atoms with Crippen LogP contribution in [0, 0.1) is 11.8 Å². The summed E-state index contributed by atoms with van der Waals surface area (Å²) in [6.45, 7) is 5.71. The lowest BCUT2D eigenvalue weighted by Crippen LogP contribution is -2.44. The van der Waals surface area contributed by atoms with Crippen LogP contribution in [0.2, 0.25) is 0 Å². The second-order valence-electron chi connectivity index (χ2n) is 8.51. The number of esters is 1. The summed E-state index contributed by atoms with van der Waals surface area (Å²) in [5, 5.41) is 0. The van der Waals surface area contributed by atoms with E-state index in [0.717, 1.165) is 12.0 Å². The molecule has 1 aliphatic heterocycles. The van der Waals surface area contributed by atoms with Crippen LogP contribution in [0.5, 0.6) is 0 Å². The minimum atomic E-state index is -0.663. The van der Waals surface area contributed by atoms with Crippen molar-refractivity contribution in [3.8, 4) is 0 Å². The second kappa shape index (κ2) is 10.2. The highest BCUT2D eigenvalue weighted by atomic mass is 16.5. The third kappa shape index (κ3) is 5.94. The molecule has 0 aromatic heterocycles. The van der Waals surface area contributed by atoms with Gasteiger partial charge in [0.05, 0.1) is 11.1 Å². The predicted octanol–water partition coefficient (Wildman–Crippen LogP) is 3.62. The van der Waals surface area contributed by atoms with E-state index in [1.807, 2.05) is 30.3 Å². The molecule has 0 bridgehead atoms. The van der Waals surface area contributed by atoms with Crippen LogP contribution < -0.4 is 0 Å². The summed E-state index contributed by atoms with van der Waals surface area (Å²) >= 11 is 0. The van der Waals surface area contributed by atoms with Crippen molar-refractivity contribution in [2.24, 2.45) is 11.8 Å². The van der Waals surface area contributed by atoms with Gasteiger partial charge in [-0.05, 0) is 36.0 Å². The van der Waals surface area contributed by atoms with Crippen molar-refractivity contribution in [1.29, 1.82) is 0 Å². The zero-order chi connectivity index (χ0) is 22.4. The molecule has 1 fully saturated rings. The quantitative estimate of drug-likeness (QED) is 0.667. The predicted molar refractivity (Wildman–Crippen MR) is 118 cm³/mol. The summed E-state index contributed by atoms with van der Waals surface area (Å²) in [5.41, 5.74) is 1.42. The van der Waals surface area contributed by atoms with E-state index in [-0.39, 0.29) is 29.5 Å². The zero-order valence-electron chi connectivity index (χ0n) is 18.4. The maximum absolute atomic E-state index is 13.0. The van der Waals surface area contributed by atoms with Gasteiger partial charge in [-0.25, -0.2) is 4.79 Å². The molecule has 1 saturated heterocycles. The zero-order valence-corrected chi connectivity index (χ0v) is 18.4. The maximum atomic E-state index is 13.0. The lowest BCUT2D eigenvalue weighted by molar-refractivity contribution is -0.137. The molecule has 1 heterocycles. The first-order valence-electron chi connectivity index (χ1n) is 10.7. The molecule has 0 aliphatic carbocycles. The SMILES string of the molecule is C[C@@H]1C[C@H](C)CN(C(=O)COC(=O)c2ccccc2C(=O)N(C)Cc2ccccc2)C1. The summed E-state index contributed by atoms with van der Waals surface area (Å²) in [7, 11) is 1.69. The van der Waals surface area contributed by atoms with Crippen molar-refractivity contribution in [3.05, 3.63) is 71.3 Å². The fourth-order valence-electron chi connectivity index (χ4n) is 4.15. The number of amides is 2. The number of ether oxygens (including phenoxy) is 1. The minimum Gasteiger partial charge on any atom is -0.452 e. The molecular weight excluding hydrogens is 392 g/mol. The van der Waals surface area contributed by atoms with E-state index in [1.54, 1.807) is 41.1 Å². The maximum Gasteiger partial charge on any atom is 0.339 e. The molecule has 1 aliphatic rings. The average molecular weight is 423 g/mol. The number of rotatable bonds is 6. The van der Waals surface area contributed by atoms with Gasteiger partial charge in [-0.1, -0.05) is 56.3 Å². The third-order valence-electron chi connectivity index (χ3n) is 5.53. The number of nitrogens with zero attached hydrogens (tertiary/aromatic N) is 2. The fraction of sp³-hybridized carbons (Fsp3) is 0.400. The molecule has 3 rings (SSSR count). The number of carbonyl (C=O) groups excluding carboxylic acids is 3. The molecule has 31 heavy (non-hydrogen) atoms. The van der Waals surface area contributed by atoms with Crippen LogP contribution in [0.4, 0.5) is 0 Å². The van der Waals surface area contributed by atoms with Crippen LogP contribution in [-0.4, -0.2) is 54.3 Å². The van der Waals surface area contributed by atoms with Gasteiger partial charge >= 0.3 is 5.97 Å². The van der Waals surface area contributed by atoms with E-state index in [4.69, 9.17) is 4.74 Å². The van der Waals surface area contributed by atoms with Crippen molar-refractivity contribution in [3.63, 3.8) is 0 Å². The molecule has 6 heteroatoms. The summed E-state index contributed by atoms with van der Waals surface area (Å²) in [5.74, 6) is -0.273. The lowest BCUT2D eigenvalue weighted by Gasteiger charge is -2.34. The molecule has 6 nitrogen and oxygen atoms in total. The standard InChI is InChI=1S/C25H30N2O4/c1-18-13-19(2)15-27(14-18)23(28)17-31-25(30)22-12-8-7-11-21(22)24(29)26(3)16-20-9-5-4-6-10-20/h4-12,18-19H,13-17H2,1-3H3/t18-,19+. The Morgan fingerprint density at radius 2 is 1.52 bits per heavy atom. The first kappa shape index (κ1) is 22.5. The van der Waals surface area contributed by atoms with Crippen molar-refractivity contribution in [2.75, 3.05) is 26.7 Å². The van der Waals surface area contributed by atoms with Crippen molar-refractivity contribution >= 4 is 17.8 Å². The van der Waals surface area contributed by atoms with Gasteiger partial charge in [0.25, 0.3) is 11.8 Å². The molecule has 0 saturated carbocycles. The highest BCUT2D eigenvalue weighted by Crippen LogP contribution is 2.21. The molecular formula is C25H30N2O4. The molecule has 2 atom stereocenters. The molecule has 2 aromatic rings. The van der Waals surface area contributed by atoms with Gasteiger partial charge in [-0.2, -0.15) is 0 Å². The second-order valence-corrected chi connectivity index (χ2v) is 8.51. The number of carbonyl (C=O) groups is 3. The van der Waals surface area contributed by atoms with E-state index in [1.165, 1.54) is 0 Å². The first-order valence-corrected chi connectivity index (χ1v) is 10.7. The Morgan fingerprint density at radius 3 is 2.16 bits per heavy atom. The van der Waals surface area contributed by atoms with E-state index in [2.05, 4.69) is 13.8 Å². The van der Waals surface area contributed by atoms with Crippen molar-refractivity contribution < 1.29 is 19.1 Å². The number of likely N-dealkylation sites (tertiary alicyclic amines) is 1. The van der Waals surface area contributed by atoms with Crippen molar-refractivity contribution in [1.82, 2.24) is 9.80 Å². The van der Waals surface area contributed by atoms with Gasteiger partial charge in [0.15, 0.2) is 6.61 Å². The van der Waals surface area contributed by atoms with E-state index < -0.39 is 5.97 Å². The van der Waals surface area contributed by atoms with E-state index >= 15 is 0 Å². The lowest BCUT2D eigenvalue weighted by atomic mass is 9.92. The van der Waals surface area contributed by atoms with E-state index in [0.29, 0.717) is 31.5 Å². The number of benzene rings is 2. The normalized spacial score (nSPS) is 18.4. The van der Waals surface area contributed by atoms with Crippen LogP contribution in [0.15, 0.2) is 54.6 Å². The third-order valence-corrected chi connectivity index (χ3v) is 5.53. The fourth-order valence-corrected chi connectivity index (χ4v) is 4.15. The number of hydrogen-bond acceptors (Lipinski definition) is 4. The molecule has 164 valence electrons. The molecule has 0 radical (unpaired) electrons. The Morgan fingerprint density at radius 1 is 0.935 bits per heavy atom. The Bertz CT molecular complexity index is 918. The first-order chi connectivity index (χ1) is 14.8. The van der Waals surface area contributed by atoms with E-state index in [9.17, 15) is 14.4 Å². The van der Waals surface area contributed by atoms with Gasteiger partial charge < -0.3 is 14.5 Å². The molecule has 0 spiro atoms. The highest BCUT2D eigenvalue weighted by molar-refractivity contribution is 6.05. The number of piperidine rings is 1. The summed E-state index contributed by atoms with van der Waals surface area (Å²) in [6, 6.07) is 16.2. The van der Waals surface area contributed by atoms with Crippen LogP contribution in [0.1, 0.15) is 46.5 Å². The Kier molecular flexibility index (Phi) is 7.45. The Balaban J connectivity index is 1.64. The molecule has 0 unspecified atom stereocenters. The molecule has 0 N–H and O–H groups in total. The summed E-state index contributed by atoms with van der Waals surface area (Å²) in [4.78, 5) is 41.5. The van der Waals surface area contributed by atoms with Gasteiger partial charge in [0, 0.05) is 26.7 Å². The van der Waals surface area contributed by atoms with Crippen LogP contribution in [0.3, 0.4) is 0 Å². The average Bonchev–Trinajstić information content (AvgIpc) is 2.76. The van der Waals surface area contributed by atoms with Gasteiger partial charge in [-0.3, -0.25) is 9.59 Å². The molecule has 2 amide bonds. The number of hydrogen-bond donors (Lipinski definition) is 0. The highest BCUT2D eigenvalue weighted by Gasteiger charge is 2.27. The topological polar surface area (TPSA) is 66.9 Å². The molecule has 2 aromatic carbocycles. The minimum absolute atomic E-state index is 0.167. The van der Waals surface area contributed by atoms with Crippen LogP contribution in [0.25, 0.3) is 0 Å². The van der Waals surface area contributed by atoms with Gasteiger partial charge in [0.1, 0.15) is 0 Å². The summed E-state index contributed by atoms with van der Waals surface area (Å²) in [6.07, 6.45) is 1.09. The van der Waals surface area contributed by atoms with Crippen LogP contribution >= 0.6 is 0 Å². The smallest absolute Gasteiger partial charge is 0.339 e. The van der Waals surface area contributed by atoms with Gasteiger partial charge in [0.2, 0.25) is 0 Å². The van der Waals surface area contributed by atoms with Gasteiger partial charge in [-0.15, -0.1) is 0 Å². The summed E-state index contributed by atoms with van der Waals surface area (Å²) < 4.78 is 5.30. The van der Waals surface area contributed by atoms with Crippen molar-refractivity contribution in [2.45, 2.75) is 26.8 Å². The Labute approximate surface area is 183 Å². The largest absolute Gasteiger partial charge is 0.452 e.